The second-order valence-corrected chi connectivity index (χ2v) is 16.1. The summed E-state index contributed by atoms with van der Waals surface area (Å²) in [5.74, 6) is -7.70. The molecular formula is C41H58N10O13. The molecule has 3 fully saturated rings. The van der Waals surface area contributed by atoms with Gasteiger partial charge < -0.3 is 62.5 Å². The summed E-state index contributed by atoms with van der Waals surface area (Å²) in [4.78, 5) is 145. The molecule has 1 aromatic rings. The van der Waals surface area contributed by atoms with E-state index in [0.717, 1.165) is 0 Å². The van der Waals surface area contributed by atoms with Gasteiger partial charge >= 0.3 is 5.97 Å². The Kier molecular flexibility index (Phi) is 17.9. The molecule has 7 atom stereocenters. The maximum atomic E-state index is 13.9. The molecular weight excluding hydrogens is 841 g/mol. The summed E-state index contributed by atoms with van der Waals surface area (Å²) in [6.07, 6.45) is 1.90. The molecule has 3 aliphatic heterocycles. The number of phenolic OH excluding ortho intramolecular Hbond substituents is 1. The lowest BCUT2D eigenvalue weighted by atomic mass is 10.0. The second kappa shape index (κ2) is 23.0. The highest BCUT2D eigenvalue weighted by Gasteiger charge is 2.43. The molecule has 3 saturated heterocycles. The number of carboxylic acid groups (broad SMARTS) is 1. The summed E-state index contributed by atoms with van der Waals surface area (Å²) in [7, 11) is 0. The minimum absolute atomic E-state index is 0.0284. The maximum Gasteiger partial charge on any atom is 0.322 e. The van der Waals surface area contributed by atoms with E-state index in [2.05, 4.69) is 31.9 Å². The van der Waals surface area contributed by atoms with Gasteiger partial charge in [0.1, 0.15) is 54.6 Å². The average Bonchev–Trinajstić information content (AvgIpc) is 4.05. The van der Waals surface area contributed by atoms with Crippen LogP contribution in [0.1, 0.15) is 77.7 Å². The maximum absolute atomic E-state index is 13.9. The predicted molar refractivity (Wildman–Crippen MR) is 223 cm³/mol. The minimum atomic E-state index is -1.26. The summed E-state index contributed by atoms with van der Waals surface area (Å²) in [6.45, 7) is 3.35. The molecule has 0 spiro atoms. The van der Waals surface area contributed by atoms with E-state index in [1.165, 1.54) is 47.6 Å². The third-order valence-corrected chi connectivity index (χ3v) is 11.2. The second-order valence-electron chi connectivity index (χ2n) is 16.1. The van der Waals surface area contributed by atoms with Gasteiger partial charge in [-0.05, 0) is 76.5 Å². The number of nitrogens with one attached hydrogen (secondary N) is 6. The van der Waals surface area contributed by atoms with Crippen molar-refractivity contribution in [2.45, 2.75) is 121 Å². The SMILES string of the molecule is CC(=O)N[C@@H](CCC(N)=O)C(=O)N[C@@H](C)C(=O)N1CCC[C@H]1C(=O)N1CCC[C@H]1C(=O)NCC(=O)N[C@@H](C)C(=O)N[C@@H](Cc1ccc(O)cc1)C(=O)N1CCC[C@H]1C(=O)NCC(=O)O. The number of aromatic hydroxyl groups is 1. The van der Waals surface area contributed by atoms with Crippen LogP contribution in [0.5, 0.6) is 5.75 Å². The number of rotatable bonds is 20. The Balaban J connectivity index is 1.33. The summed E-state index contributed by atoms with van der Waals surface area (Å²) in [6, 6.07) is -1.67. The van der Waals surface area contributed by atoms with Crippen molar-refractivity contribution in [2.75, 3.05) is 32.7 Å². The molecule has 10 N–H and O–H groups in total. The Morgan fingerprint density at radius 3 is 1.80 bits per heavy atom. The van der Waals surface area contributed by atoms with Crippen LogP contribution in [0, 0.1) is 0 Å². The number of hydrogen-bond donors (Lipinski definition) is 9. The molecule has 0 unspecified atom stereocenters. The molecule has 0 bridgehead atoms. The van der Waals surface area contributed by atoms with Gasteiger partial charge in [0, 0.05) is 39.4 Å². The summed E-state index contributed by atoms with van der Waals surface area (Å²) < 4.78 is 0. The molecule has 23 nitrogen and oxygen atoms in total. The lowest BCUT2D eigenvalue weighted by Gasteiger charge is -2.32. The molecule has 10 amide bonds. The van der Waals surface area contributed by atoms with Crippen molar-refractivity contribution in [3.05, 3.63) is 29.8 Å². The van der Waals surface area contributed by atoms with Crippen molar-refractivity contribution in [3.8, 4) is 5.75 Å². The molecule has 0 saturated carbocycles. The van der Waals surface area contributed by atoms with Crippen molar-refractivity contribution < 1.29 is 63.0 Å². The Bertz CT molecular complexity index is 1960. The van der Waals surface area contributed by atoms with Crippen LogP contribution in [0.4, 0.5) is 0 Å². The van der Waals surface area contributed by atoms with E-state index in [0.29, 0.717) is 31.2 Å². The zero-order valence-corrected chi connectivity index (χ0v) is 36.1. The summed E-state index contributed by atoms with van der Waals surface area (Å²) in [5, 5.41) is 33.6. The number of carboxylic acids is 1. The first-order valence-electron chi connectivity index (χ1n) is 21.2. The van der Waals surface area contributed by atoms with Gasteiger partial charge in [-0.3, -0.25) is 52.7 Å². The summed E-state index contributed by atoms with van der Waals surface area (Å²) >= 11 is 0. The standard InChI is InChI=1S/C41H58N10O13/c1-22(35(58)48-28(19-25-10-12-26(53)13-11-25)40(63)49-16-4-7-29(49)38(61)44-21-34(56)57)45-33(55)20-43-37(60)30-8-5-17-50(30)41(64)31-9-6-18-51(31)39(62)23(2)46-36(59)27(47-24(3)52)14-15-32(42)54/h10-13,22-23,27-31,53H,4-9,14-21H2,1-3H3,(H2,42,54)(H,43,60)(H,44,61)(H,45,55)(H,46,59)(H,47,52)(H,48,58)(H,56,57)/t22-,23-,27-,28-,29-,30-,31-/m0/s1. The van der Waals surface area contributed by atoms with Gasteiger partial charge in [-0.2, -0.15) is 0 Å². The van der Waals surface area contributed by atoms with E-state index >= 15 is 0 Å². The number of likely N-dealkylation sites (tertiary alicyclic amines) is 3. The smallest absolute Gasteiger partial charge is 0.322 e. The van der Waals surface area contributed by atoms with Crippen molar-refractivity contribution in [1.82, 2.24) is 46.6 Å². The van der Waals surface area contributed by atoms with Crippen LogP contribution < -0.4 is 37.6 Å². The van der Waals surface area contributed by atoms with E-state index in [9.17, 15) is 57.8 Å². The van der Waals surface area contributed by atoms with Crippen LogP contribution >= 0.6 is 0 Å². The van der Waals surface area contributed by atoms with Gasteiger partial charge in [0.05, 0.1) is 6.54 Å². The minimum Gasteiger partial charge on any atom is -0.508 e. The average molecular weight is 899 g/mol. The Morgan fingerprint density at radius 1 is 0.672 bits per heavy atom. The van der Waals surface area contributed by atoms with Gasteiger partial charge in [0.15, 0.2) is 0 Å². The number of hydrogen-bond acceptors (Lipinski definition) is 12. The van der Waals surface area contributed by atoms with Gasteiger partial charge in [0.25, 0.3) is 0 Å². The van der Waals surface area contributed by atoms with Crippen LogP contribution in [0.2, 0.25) is 0 Å². The molecule has 3 heterocycles. The van der Waals surface area contributed by atoms with Gasteiger partial charge in [0.2, 0.25) is 59.1 Å². The fourth-order valence-electron chi connectivity index (χ4n) is 8.00. The van der Waals surface area contributed by atoms with Crippen LogP contribution in [-0.4, -0.2) is 165 Å². The molecule has 0 radical (unpaired) electrons. The molecule has 23 heteroatoms. The van der Waals surface area contributed by atoms with Gasteiger partial charge in [-0.15, -0.1) is 0 Å². The first-order valence-corrected chi connectivity index (χ1v) is 21.2. The van der Waals surface area contributed by atoms with Gasteiger partial charge in [-0.25, -0.2) is 0 Å². The quantitative estimate of drug-likeness (QED) is 0.0614. The Hall–Kier alpha value is -6.81. The number of nitrogens with zero attached hydrogens (tertiary/aromatic N) is 3. The molecule has 0 aromatic heterocycles. The van der Waals surface area contributed by atoms with Crippen LogP contribution in [0.15, 0.2) is 24.3 Å². The molecule has 4 rings (SSSR count). The Labute approximate surface area is 368 Å². The highest BCUT2D eigenvalue weighted by Crippen LogP contribution is 2.26. The first kappa shape index (κ1) is 49.8. The predicted octanol–water partition coefficient (Wildman–Crippen LogP) is -3.51. The highest BCUT2D eigenvalue weighted by molar-refractivity contribution is 5.98. The summed E-state index contributed by atoms with van der Waals surface area (Å²) in [5.41, 5.74) is 5.75. The third-order valence-electron chi connectivity index (χ3n) is 11.2. The topological polar surface area (TPSA) is 336 Å². The number of primary amides is 1. The van der Waals surface area contributed by atoms with Crippen molar-refractivity contribution in [3.63, 3.8) is 0 Å². The number of benzene rings is 1. The Morgan fingerprint density at radius 2 is 1.22 bits per heavy atom. The third kappa shape index (κ3) is 13.8. The molecule has 64 heavy (non-hydrogen) atoms. The largest absolute Gasteiger partial charge is 0.508 e. The van der Waals surface area contributed by atoms with E-state index in [4.69, 9.17) is 10.8 Å². The van der Waals surface area contributed by atoms with Crippen molar-refractivity contribution in [2.24, 2.45) is 5.73 Å². The van der Waals surface area contributed by atoms with Crippen LogP contribution in [0.25, 0.3) is 0 Å². The highest BCUT2D eigenvalue weighted by atomic mass is 16.4. The fraction of sp³-hybridized carbons (Fsp3) is 0.585. The van der Waals surface area contributed by atoms with Gasteiger partial charge in [-0.1, -0.05) is 12.1 Å². The zero-order valence-electron chi connectivity index (χ0n) is 36.1. The van der Waals surface area contributed by atoms with E-state index < -0.39 is 120 Å². The van der Waals surface area contributed by atoms with E-state index in [1.807, 2.05) is 0 Å². The molecule has 3 aliphatic rings. The van der Waals surface area contributed by atoms with E-state index in [1.54, 1.807) is 12.1 Å². The molecule has 0 aliphatic carbocycles. The normalized spacial score (nSPS) is 19.9. The lowest BCUT2D eigenvalue weighted by molar-refractivity contribution is -0.147. The number of phenols is 1. The number of carbonyl (C=O) groups is 11. The number of nitrogens with two attached hydrogens (primary N) is 1. The lowest BCUT2D eigenvalue weighted by Crippen LogP contribution is -2.58. The van der Waals surface area contributed by atoms with Crippen LogP contribution in [-0.2, 0) is 59.2 Å². The van der Waals surface area contributed by atoms with E-state index in [-0.39, 0.29) is 57.5 Å². The number of amides is 10. The van der Waals surface area contributed by atoms with Crippen LogP contribution in [0.3, 0.4) is 0 Å². The zero-order chi connectivity index (χ0) is 47.2. The molecule has 350 valence electrons. The van der Waals surface area contributed by atoms with Crippen molar-refractivity contribution in [1.29, 1.82) is 0 Å². The molecule has 1 aromatic carbocycles. The van der Waals surface area contributed by atoms with Crippen molar-refractivity contribution >= 4 is 65.0 Å². The first-order chi connectivity index (χ1) is 30.3. The number of aliphatic carboxylic acids is 1. The number of carbonyl (C=O) groups excluding carboxylic acids is 10. The fourth-order valence-corrected chi connectivity index (χ4v) is 8.00. The monoisotopic (exact) mass is 898 g/mol.